The molecule has 0 radical (unpaired) electrons. The minimum atomic E-state index is -3.04. The van der Waals surface area contributed by atoms with Crippen LogP contribution in [0.3, 0.4) is 0 Å². The van der Waals surface area contributed by atoms with E-state index in [0.717, 1.165) is 6.54 Å². The summed E-state index contributed by atoms with van der Waals surface area (Å²) in [6.45, 7) is 7.41. The minimum Gasteiger partial charge on any atom is -0.312 e. The first-order chi connectivity index (χ1) is 5.94. The third-order valence-corrected chi connectivity index (χ3v) is 4.53. The number of hydrogen-bond acceptors (Lipinski definition) is 3. The van der Waals surface area contributed by atoms with E-state index in [0.29, 0.717) is 13.1 Å². The molecule has 0 bridgehead atoms. The fourth-order valence-corrected chi connectivity index (χ4v) is 2.80. The molecule has 1 atom stereocenters. The van der Waals surface area contributed by atoms with Crippen LogP contribution in [0, 0.1) is 0 Å². The third kappa shape index (κ3) is 3.08. The summed E-state index contributed by atoms with van der Waals surface area (Å²) in [6, 6.07) is 0.266. The van der Waals surface area contributed by atoms with Gasteiger partial charge in [0.15, 0.2) is 0 Å². The summed E-state index contributed by atoms with van der Waals surface area (Å²) < 4.78 is 25.0. The van der Waals surface area contributed by atoms with Crippen molar-refractivity contribution in [2.75, 3.05) is 19.6 Å². The van der Waals surface area contributed by atoms with Crippen LogP contribution in [0.2, 0.25) is 0 Å². The van der Waals surface area contributed by atoms with Crippen LogP contribution < -0.4 is 5.32 Å². The van der Waals surface area contributed by atoms with Gasteiger partial charge in [-0.15, -0.1) is 12.4 Å². The second-order valence-corrected chi connectivity index (χ2v) is 6.30. The Hall–Kier alpha value is 0.160. The molecule has 0 spiro atoms. The number of nitrogens with zero attached hydrogens (tertiary/aromatic N) is 1. The number of rotatable bonds is 2. The largest absolute Gasteiger partial charge is 0.312 e. The van der Waals surface area contributed by atoms with E-state index in [1.807, 2.05) is 6.92 Å². The Morgan fingerprint density at radius 3 is 2.43 bits per heavy atom. The maximum atomic E-state index is 11.7. The van der Waals surface area contributed by atoms with E-state index in [-0.39, 0.29) is 23.7 Å². The summed E-state index contributed by atoms with van der Waals surface area (Å²) in [5, 5.41) is 2.91. The quantitative estimate of drug-likeness (QED) is 0.765. The molecular formula is C8H19ClN2O2S. The van der Waals surface area contributed by atoms with Crippen molar-refractivity contribution in [1.82, 2.24) is 9.62 Å². The fraction of sp³-hybridized carbons (Fsp3) is 1.00. The molecule has 0 saturated carbocycles. The van der Waals surface area contributed by atoms with E-state index >= 15 is 0 Å². The van der Waals surface area contributed by atoms with E-state index in [1.165, 1.54) is 0 Å². The number of nitrogens with one attached hydrogen (secondary N) is 1. The zero-order chi connectivity index (χ0) is 10.1. The molecule has 14 heavy (non-hydrogen) atoms. The normalized spacial score (nSPS) is 24.7. The first-order valence-electron chi connectivity index (χ1n) is 4.67. The van der Waals surface area contributed by atoms with Gasteiger partial charge in [0.25, 0.3) is 0 Å². The number of halogens is 1. The van der Waals surface area contributed by atoms with Gasteiger partial charge < -0.3 is 5.32 Å². The van der Waals surface area contributed by atoms with Gasteiger partial charge in [-0.3, -0.25) is 0 Å². The van der Waals surface area contributed by atoms with Crippen LogP contribution in [0.25, 0.3) is 0 Å². The van der Waals surface area contributed by atoms with Gasteiger partial charge in [0.1, 0.15) is 0 Å². The lowest BCUT2D eigenvalue weighted by molar-refractivity contribution is 0.308. The van der Waals surface area contributed by atoms with E-state index in [1.54, 1.807) is 18.2 Å². The van der Waals surface area contributed by atoms with Crippen molar-refractivity contribution in [3.63, 3.8) is 0 Å². The summed E-state index contributed by atoms with van der Waals surface area (Å²) in [4.78, 5) is 0. The van der Waals surface area contributed by atoms with Crippen LogP contribution in [0.5, 0.6) is 0 Å². The van der Waals surface area contributed by atoms with Crippen molar-refractivity contribution in [3.05, 3.63) is 0 Å². The summed E-state index contributed by atoms with van der Waals surface area (Å²) in [6.07, 6.45) is 0. The Balaban J connectivity index is 0.00000169. The highest BCUT2D eigenvalue weighted by molar-refractivity contribution is 7.89. The van der Waals surface area contributed by atoms with E-state index in [9.17, 15) is 8.42 Å². The minimum absolute atomic E-state index is 0. The van der Waals surface area contributed by atoms with Crippen LogP contribution in [0.4, 0.5) is 0 Å². The van der Waals surface area contributed by atoms with Gasteiger partial charge in [-0.1, -0.05) is 0 Å². The molecule has 0 aliphatic carbocycles. The highest BCUT2D eigenvalue weighted by atomic mass is 35.5. The number of piperazine rings is 1. The van der Waals surface area contributed by atoms with Gasteiger partial charge in [-0.25, -0.2) is 8.42 Å². The zero-order valence-electron chi connectivity index (χ0n) is 8.86. The molecule has 0 aromatic heterocycles. The predicted octanol–water partition coefficient (Wildman–Crippen LogP) is 0.440. The fourth-order valence-electron chi connectivity index (χ4n) is 1.43. The predicted molar refractivity (Wildman–Crippen MR) is 60.3 cm³/mol. The maximum Gasteiger partial charge on any atom is 0.216 e. The average Bonchev–Trinajstić information content (AvgIpc) is 2.04. The lowest BCUT2D eigenvalue weighted by Gasteiger charge is -2.32. The van der Waals surface area contributed by atoms with Crippen molar-refractivity contribution < 1.29 is 8.42 Å². The maximum absolute atomic E-state index is 11.7. The summed E-state index contributed by atoms with van der Waals surface area (Å²) in [7, 11) is -3.04. The molecule has 1 aliphatic heterocycles. The lowest BCUT2D eigenvalue weighted by Crippen LogP contribution is -2.52. The van der Waals surface area contributed by atoms with Crippen LogP contribution in [-0.2, 0) is 10.0 Å². The second-order valence-electron chi connectivity index (χ2n) is 3.81. The standard InChI is InChI=1S/C8H18N2O2S.ClH/c1-7(2)13(11,12)10-5-4-9-8(3)6-10;/h7-9H,4-6H2,1-3H3;1H/t8-;/m1./s1. The van der Waals surface area contributed by atoms with Crippen LogP contribution in [0.15, 0.2) is 0 Å². The van der Waals surface area contributed by atoms with E-state index < -0.39 is 10.0 Å². The number of hydrogen-bond donors (Lipinski definition) is 1. The van der Waals surface area contributed by atoms with Crippen molar-refractivity contribution in [3.8, 4) is 0 Å². The molecule has 0 unspecified atom stereocenters. The summed E-state index contributed by atoms with van der Waals surface area (Å²) in [5.41, 5.74) is 0. The van der Waals surface area contributed by atoms with Gasteiger partial charge in [0.05, 0.1) is 5.25 Å². The van der Waals surface area contributed by atoms with Crippen molar-refractivity contribution in [2.45, 2.75) is 32.1 Å². The molecule has 1 N–H and O–H groups in total. The topological polar surface area (TPSA) is 49.4 Å². The van der Waals surface area contributed by atoms with Crippen molar-refractivity contribution >= 4 is 22.4 Å². The van der Waals surface area contributed by atoms with Gasteiger partial charge in [0, 0.05) is 25.7 Å². The van der Waals surface area contributed by atoms with Gasteiger partial charge in [-0.2, -0.15) is 4.31 Å². The molecule has 4 nitrogen and oxygen atoms in total. The van der Waals surface area contributed by atoms with Gasteiger partial charge >= 0.3 is 0 Å². The Morgan fingerprint density at radius 2 is 2.00 bits per heavy atom. The van der Waals surface area contributed by atoms with Crippen LogP contribution in [0.1, 0.15) is 20.8 Å². The van der Waals surface area contributed by atoms with Crippen molar-refractivity contribution in [1.29, 1.82) is 0 Å². The SMILES string of the molecule is CC(C)S(=O)(=O)N1CCN[C@H](C)C1.Cl. The molecule has 1 rings (SSSR count). The molecule has 1 heterocycles. The molecule has 86 valence electrons. The second kappa shape index (κ2) is 5.30. The molecular weight excluding hydrogens is 224 g/mol. The van der Waals surface area contributed by atoms with Crippen LogP contribution >= 0.6 is 12.4 Å². The highest BCUT2D eigenvalue weighted by Gasteiger charge is 2.28. The first-order valence-corrected chi connectivity index (χ1v) is 6.17. The van der Waals surface area contributed by atoms with Gasteiger partial charge in [0.2, 0.25) is 10.0 Å². The summed E-state index contributed by atoms with van der Waals surface area (Å²) >= 11 is 0. The third-order valence-electron chi connectivity index (χ3n) is 2.29. The van der Waals surface area contributed by atoms with E-state index in [2.05, 4.69) is 5.32 Å². The molecule has 1 aliphatic rings. The first kappa shape index (κ1) is 14.2. The number of sulfonamides is 1. The van der Waals surface area contributed by atoms with E-state index in [4.69, 9.17) is 0 Å². The Kier molecular flexibility index (Phi) is 5.36. The molecule has 1 saturated heterocycles. The highest BCUT2D eigenvalue weighted by Crippen LogP contribution is 2.10. The zero-order valence-corrected chi connectivity index (χ0v) is 10.5. The molecule has 0 aromatic carbocycles. The Bertz CT molecular complexity index is 267. The molecule has 0 aromatic rings. The molecule has 6 heteroatoms. The average molecular weight is 243 g/mol. The molecule has 0 amide bonds. The Labute approximate surface area is 92.5 Å². The Morgan fingerprint density at radius 1 is 1.43 bits per heavy atom. The smallest absolute Gasteiger partial charge is 0.216 e. The van der Waals surface area contributed by atoms with Crippen molar-refractivity contribution in [2.24, 2.45) is 0 Å². The lowest BCUT2D eigenvalue weighted by atomic mass is 10.3. The molecule has 1 fully saturated rings. The van der Waals surface area contributed by atoms with Crippen LogP contribution in [-0.4, -0.2) is 43.6 Å². The van der Waals surface area contributed by atoms with Gasteiger partial charge in [-0.05, 0) is 20.8 Å². The monoisotopic (exact) mass is 242 g/mol. The summed E-state index contributed by atoms with van der Waals surface area (Å²) in [5.74, 6) is 0.